The van der Waals surface area contributed by atoms with Gasteiger partial charge in [0.05, 0.1) is 44.6 Å². The van der Waals surface area contributed by atoms with E-state index < -0.39 is 46.0 Å². The summed E-state index contributed by atoms with van der Waals surface area (Å²) in [6, 6.07) is 27.6. The lowest BCUT2D eigenvalue weighted by Crippen LogP contribution is -2.32. The molecular weight excluding hydrogens is 1040 g/mol. The van der Waals surface area contributed by atoms with E-state index >= 15 is 4.39 Å². The molecule has 3 N–H and O–H groups in total. The van der Waals surface area contributed by atoms with E-state index in [4.69, 9.17) is 15.2 Å². The maximum Gasteiger partial charge on any atom is 0.323 e. The highest BCUT2D eigenvalue weighted by atomic mass is 32.1. The van der Waals surface area contributed by atoms with Crippen LogP contribution in [-0.2, 0) is 12.8 Å². The number of ketones is 2. The van der Waals surface area contributed by atoms with Gasteiger partial charge in [-0.2, -0.15) is 0 Å². The van der Waals surface area contributed by atoms with E-state index in [2.05, 4.69) is 25.3 Å². The second-order valence-electron chi connectivity index (χ2n) is 17.3. The first-order valence-corrected chi connectivity index (χ1v) is 25.2. The van der Waals surface area contributed by atoms with Gasteiger partial charge in [-0.3, -0.25) is 33.6 Å². The van der Waals surface area contributed by atoms with Crippen molar-refractivity contribution in [2.24, 2.45) is 0 Å². The Morgan fingerprint density at radius 2 is 1.04 bits per heavy atom. The lowest BCUT2D eigenvalue weighted by Gasteiger charge is -2.16. The van der Waals surface area contributed by atoms with Crippen LogP contribution in [0.4, 0.5) is 34.0 Å². The van der Waals surface area contributed by atoms with Crippen molar-refractivity contribution in [3.63, 3.8) is 0 Å². The fourth-order valence-electron chi connectivity index (χ4n) is 8.33. The number of pyridine rings is 4. The maximum atomic E-state index is 15.0. The number of ether oxygens (including phenoxy) is 2. The summed E-state index contributed by atoms with van der Waals surface area (Å²) in [7, 11) is 0. The van der Waals surface area contributed by atoms with Crippen LogP contribution >= 0.6 is 22.7 Å². The van der Waals surface area contributed by atoms with Gasteiger partial charge in [0.15, 0.2) is 34.7 Å². The van der Waals surface area contributed by atoms with Crippen molar-refractivity contribution in [1.82, 2.24) is 34.0 Å². The zero-order valence-electron chi connectivity index (χ0n) is 40.0. The van der Waals surface area contributed by atoms with Crippen molar-refractivity contribution in [2.75, 3.05) is 24.1 Å². The molecule has 0 saturated carbocycles. The third-order valence-corrected chi connectivity index (χ3v) is 13.7. The van der Waals surface area contributed by atoms with E-state index in [1.54, 1.807) is 22.0 Å². The van der Waals surface area contributed by atoms with Crippen LogP contribution in [0, 0.1) is 23.3 Å². The Balaban J connectivity index is 0.000000178. The van der Waals surface area contributed by atoms with Crippen molar-refractivity contribution in [1.29, 1.82) is 0 Å². The monoisotopic (exact) mass is 1080 g/mol. The summed E-state index contributed by atoms with van der Waals surface area (Å²) in [6.45, 7) is 1.37. The molecule has 0 atom stereocenters. The molecule has 10 aromatic rings. The highest BCUT2D eigenvalue weighted by Gasteiger charge is 2.23. The minimum absolute atomic E-state index is 0.0469. The van der Waals surface area contributed by atoms with Crippen LogP contribution in [0.5, 0.6) is 23.0 Å². The molecule has 0 aliphatic carbocycles. The number of nitrogens with one attached hydrogen (secondary N) is 1. The molecule has 2 amide bonds. The quantitative estimate of drug-likeness (QED) is 0.0817. The number of aromatic nitrogens is 6. The molecule has 11 rings (SSSR count). The van der Waals surface area contributed by atoms with Gasteiger partial charge in [0.25, 0.3) is 11.1 Å². The van der Waals surface area contributed by atoms with Gasteiger partial charge >= 0.3 is 6.03 Å². The Labute approximate surface area is 441 Å². The van der Waals surface area contributed by atoms with E-state index in [0.717, 1.165) is 12.8 Å². The van der Waals surface area contributed by atoms with Crippen LogP contribution in [-0.4, -0.2) is 64.7 Å². The van der Waals surface area contributed by atoms with Gasteiger partial charge in [0, 0.05) is 50.5 Å². The molecule has 386 valence electrons. The number of nitrogens with two attached hydrogens (primary N) is 1. The number of Topliss-reactive ketones (excluding diaryl/α,β-unsaturated/α-hetero) is 2. The molecular formula is C55H39F4N9O7S2. The number of hydrogen-bond acceptors (Lipinski definition) is 14. The summed E-state index contributed by atoms with van der Waals surface area (Å²) in [6.07, 6.45) is 4.34. The zero-order chi connectivity index (χ0) is 53.7. The average molecular weight is 1080 g/mol. The third kappa shape index (κ3) is 11.5. The highest BCUT2D eigenvalue weighted by molar-refractivity contribution is 7.16. The fourth-order valence-corrected chi connectivity index (χ4v) is 9.92. The van der Waals surface area contributed by atoms with Gasteiger partial charge in [0.2, 0.25) is 0 Å². The van der Waals surface area contributed by atoms with Crippen molar-refractivity contribution in [3.8, 4) is 34.4 Å². The van der Waals surface area contributed by atoms with Gasteiger partial charge in [-0.1, -0.05) is 12.1 Å². The van der Waals surface area contributed by atoms with Crippen LogP contribution in [0.2, 0.25) is 0 Å². The predicted molar refractivity (Wildman–Crippen MR) is 282 cm³/mol. The topological polar surface area (TPSA) is 207 Å². The van der Waals surface area contributed by atoms with Crippen LogP contribution in [0.1, 0.15) is 44.7 Å². The van der Waals surface area contributed by atoms with Gasteiger partial charge in [-0.15, -0.1) is 22.7 Å². The molecule has 1 fully saturated rings. The van der Waals surface area contributed by atoms with E-state index in [1.165, 1.54) is 159 Å². The Kier molecular flexibility index (Phi) is 14.7. The summed E-state index contributed by atoms with van der Waals surface area (Å²) in [5.41, 5.74) is 9.77. The molecule has 0 radical (unpaired) electrons. The Morgan fingerprint density at radius 3 is 1.51 bits per heavy atom. The molecule has 1 aliphatic heterocycles. The largest absolute Gasteiger partial charge is 0.454 e. The normalized spacial score (nSPS) is 12.1. The number of carbonyl (C=O) groups excluding carboxylic acids is 3. The summed E-state index contributed by atoms with van der Waals surface area (Å²) in [4.78, 5) is 84.5. The van der Waals surface area contributed by atoms with Crippen molar-refractivity contribution >= 4 is 72.6 Å². The number of nitrogens with zero attached hydrogens (tertiary/aromatic N) is 7. The number of carbonyl (C=O) groups is 3. The number of amides is 2. The standard InChI is InChI=1S/C30H23F2N5O4S.C25H16F2N4O3S/c31-19-4-6-20(7-5-19)37-28(39)22(16-24-29(37)42-17-34-24)25(38)14-18-3-8-26(23(32)13-18)41-21-9-10-33-27(15-21)35-30(40)36-11-1-2-12-36;26-15-2-4-16(5-3-15)31-24(33)18(12-20-25(31)35-13-30-20)21(32)10-14-1-6-22(19(27)9-14)34-17-7-8-29-23(28)11-17/h3-10,13,15-17H,1-2,11-12,14H2,(H,33,35,40);1-9,11-13H,10H2,(H2,28,29). The molecule has 6 aromatic heterocycles. The SMILES string of the molecule is Nc1cc(Oc2ccc(CC(=O)c3cc4ncsc4n(-c4ccc(F)cc4)c3=O)cc2F)ccn1.O=C(Cc1ccc(Oc2ccnc(NC(=O)N3CCCC3)c2)c(F)c1)c1cc2ncsc2n(-c2ccc(F)cc2)c1=O. The molecule has 4 aromatic carbocycles. The fraction of sp³-hybridized carbons (Fsp3) is 0.109. The average Bonchev–Trinajstić information content (AvgIpc) is 4.24. The number of rotatable bonds is 13. The molecule has 1 saturated heterocycles. The number of fused-ring (bicyclic) bond motifs is 2. The number of anilines is 2. The highest BCUT2D eigenvalue weighted by Crippen LogP contribution is 2.30. The second kappa shape index (κ2) is 22.2. The number of halogens is 4. The molecule has 22 heteroatoms. The van der Waals surface area contributed by atoms with E-state index in [9.17, 15) is 37.1 Å². The van der Waals surface area contributed by atoms with Crippen LogP contribution in [0.25, 0.3) is 32.1 Å². The maximum absolute atomic E-state index is 15.0. The van der Waals surface area contributed by atoms with Gasteiger partial charge in [-0.05, 0) is 121 Å². The van der Waals surface area contributed by atoms with Crippen molar-refractivity contribution in [2.45, 2.75) is 25.7 Å². The number of thiazole rings is 2. The van der Waals surface area contributed by atoms with Gasteiger partial charge in [-0.25, -0.2) is 42.3 Å². The molecule has 0 unspecified atom stereocenters. The number of urea groups is 1. The van der Waals surface area contributed by atoms with Crippen molar-refractivity contribution in [3.05, 3.63) is 211 Å². The van der Waals surface area contributed by atoms with E-state index in [1.807, 2.05) is 0 Å². The minimum atomic E-state index is -0.710. The molecule has 7 heterocycles. The summed E-state index contributed by atoms with van der Waals surface area (Å²) >= 11 is 2.45. The van der Waals surface area contributed by atoms with Crippen LogP contribution < -0.4 is 31.6 Å². The number of hydrogen-bond donors (Lipinski definition) is 2. The van der Waals surface area contributed by atoms with Crippen LogP contribution in [0.3, 0.4) is 0 Å². The Hall–Kier alpha value is -9.41. The van der Waals surface area contributed by atoms with Gasteiger partial charge in [0.1, 0.15) is 44.4 Å². The third-order valence-electron chi connectivity index (χ3n) is 12.0. The molecule has 77 heavy (non-hydrogen) atoms. The summed E-state index contributed by atoms with van der Waals surface area (Å²) in [5, 5.41) is 2.72. The number of likely N-dealkylation sites (tertiary alicyclic amines) is 1. The molecule has 16 nitrogen and oxygen atoms in total. The van der Waals surface area contributed by atoms with Crippen LogP contribution in [0.15, 0.2) is 154 Å². The second-order valence-corrected chi connectivity index (χ2v) is 19.0. The smallest absolute Gasteiger partial charge is 0.323 e. The van der Waals surface area contributed by atoms with E-state index in [0.29, 0.717) is 62.0 Å². The predicted octanol–water partition coefficient (Wildman–Crippen LogP) is 10.9. The first-order valence-electron chi connectivity index (χ1n) is 23.5. The lowest BCUT2D eigenvalue weighted by molar-refractivity contribution is 0.0983. The van der Waals surface area contributed by atoms with Gasteiger partial charge < -0.3 is 20.1 Å². The molecule has 0 spiro atoms. The van der Waals surface area contributed by atoms with Crippen molar-refractivity contribution < 1.29 is 41.4 Å². The number of nitrogen functional groups attached to an aromatic ring is 1. The Bertz CT molecular complexity index is 4010. The first-order chi connectivity index (χ1) is 37.2. The molecule has 0 bridgehead atoms. The minimum Gasteiger partial charge on any atom is -0.454 e. The molecule has 1 aliphatic rings. The zero-order valence-corrected chi connectivity index (χ0v) is 41.6. The first kappa shape index (κ1) is 51.1. The van der Waals surface area contributed by atoms with E-state index in [-0.39, 0.29) is 58.9 Å². The Morgan fingerprint density at radius 1 is 0.571 bits per heavy atom. The lowest BCUT2D eigenvalue weighted by atomic mass is 10.0. The number of benzene rings is 4. The summed E-state index contributed by atoms with van der Waals surface area (Å²) in [5.74, 6) is -2.36. The summed E-state index contributed by atoms with van der Waals surface area (Å²) < 4.78 is 70.4.